The quantitative estimate of drug-likeness (QED) is 0.192. The number of fused-ring (bicyclic) bond motifs is 6. The summed E-state index contributed by atoms with van der Waals surface area (Å²) in [7, 11) is 0. The minimum atomic E-state index is -0.604. The number of Topliss-reactive ketones (excluding diaryl/α,β-unsaturated/α-hetero) is 2. The van der Waals surface area contributed by atoms with Gasteiger partial charge in [-0.15, -0.1) is 22.7 Å². The first-order chi connectivity index (χ1) is 24.0. The Kier molecular flexibility index (Phi) is 6.57. The van der Waals surface area contributed by atoms with E-state index in [1.54, 1.807) is 59.9 Å². The van der Waals surface area contributed by atoms with Crippen molar-refractivity contribution < 1.29 is 9.59 Å². The van der Waals surface area contributed by atoms with Crippen molar-refractivity contribution in [2.45, 2.75) is 33.1 Å². The highest BCUT2D eigenvalue weighted by Crippen LogP contribution is 2.64. The monoisotopic (exact) mass is 682 g/mol. The Bertz CT molecular complexity index is 2700. The largest absolute Gasteiger partial charge is 0.287 e. The van der Waals surface area contributed by atoms with Gasteiger partial charge in [-0.05, 0) is 40.0 Å². The molecule has 8 rings (SSSR count). The summed E-state index contributed by atoms with van der Waals surface area (Å²) >= 11 is 3.11. The first-order valence-electron chi connectivity index (χ1n) is 15.6. The normalized spacial score (nSPS) is 19.2. The Labute approximate surface area is 294 Å². The molecule has 0 saturated carbocycles. The highest BCUT2D eigenvalue weighted by molar-refractivity contribution is 7.30. The summed E-state index contributed by atoms with van der Waals surface area (Å²) in [4.78, 5) is 38.0. The van der Waals surface area contributed by atoms with Crippen molar-refractivity contribution >= 4 is 76.8 Å². The van der Waals surface area contributed by atoms with Gasteiger partial charge in [0.2, 0.25) is 11.6 Å². The van der Waals surface area contributed by atoms with Crippen LogP contribution in [0.2, 0.25) is 0 Å². The van der Waals surface area contributed by atoms with E-state index in [1.165, 1.54) is 11.3 Å². The van der Waals surface area contributed by atoms with Crippen LogP contribution in [0.4, 0.5) is 5.00 Å². The third-order valence-corrected chi connectivity index (χ3v) is 12.2. The number of allylic oxidation sites excluding steroid dienone is 7. The fraction of sp³-hybridized carbons (Fsp3) is 0.150. The van der Waals surface area contributed by atoms with Gasteiger partial charge in [-0.2, -0.15) is 21.0 Å². The molecule has 0 atom stereocenters. The van der Waals surface area contributed by atoms with Crippen molar-refractivity contribution in [3.8, 4) is 24.3 Å². The van der Waals surface area contributed by atoms with Crippen LogP contribution in [0, 0.1) is 50.7 Å². The summed E-state index contributed by atoms with van der Waals surface area (Å²) < 4.78 is 2.05. The number of thiophene rings is 2. The van der Waals surface area contributed by atoms with Crippen molar-refractivity contribution in [1.29, 1.82) is 21.0 Å². The molecule has 4 aliphatic rings. The standard InChI is InChI=1S/C40H22N6O2S2/c1-39(2)25-13-27(45-33-29(19(15-41)16-42)21-9-5-7-11-23(21)35(33)47)40(3,4)31(25)38-32(39)37-26(49-38)14-28(50-37)46-34-30(20(17-43)18-44)22-10-6-8-12-24(22)36(34)48/h5-14H,1-4H3. The Morgan fingerprint density at radius 3 is 1.70 bits per heavy atom. The molecule has 8 nitrogen and oxygen atoms in total. The zero-order valence-corrected chi connectivity index (χ0v) is 28.7. The molecular formula is C40H22N6O2S2. The van der Waals surface area contributed by atoms with Gasteiger partial charge >= 0.3 is 0 Å². The Balaban J connectivity index is 1.22. The molecule has 2 aromatic carbocycles. The highest BCUT2D eigenvalue weighted by atomic mass is 32.1. The van der Waals surface area contributed by atoms with Gasteiger partial charge in [-0.1, -0.05) is 76.2 Å². The third kappa shape index (κ3) is 3.98. The Hall–Kier alpha value is -6.30. The summed E-state index contributed by atoms with van der Waals surface area (Å²) in [5.41, 5.74) is 5.32. The summed E-state index contributed by atoms with van der Waals surface area (Å²) in [6, 6.07) is 23.6. The van der Waals surface area contributed by atoms with Gasteiger partial charge in [0.1, 0.15) is 51.8 Å². The number of nitrogens with zero attached hydrogens (tertiary/aromatic N) is 6. The van der Waals surface area contributed by atoms with E-state index in [9.17, 15) is 30.6 Å². The molecule has 0 fully saturated rings. The average molecular weight is 683 g/mol. The molecule has 0 amide bonds. The van der Waals surface area contributed by atoms with Crippen LogP contribution in [-0.2, 0) is 5.41 Å². The highest BCUT2D eigenvalue weighted by Gasteiger charge is 2.50. The number of aliphatic imine (C=N–C) groups is 2. The van der Waals surface area contributed by atoms with Gasteiger partial charge in [0.15, 0.2) is 0 Å². The molecule has 0 bridgehead atoms. The van der Waals surface area contributed by atoms with E-state index < -0.39 is 10.8 Å². The van der Waals surface area contributed by atoms with Crippen molar-refractivity contribution in [3.63, 3.8) is 0 Å². The number of carbonyl (C=O) groups excluding carboxylic acids is 2. The molecule has 2 heterocycles. The van der Waals surface area contributed by atoms with E-state index >= 15 is 0 Å². The van der Waals surface area contributed by atoms with Crippen LogP contribution in [0.15, 0.2) is 93.1 Å². The number of rotatable bonds is 2. The zero-order valence-electron chi connectivity index (χ0n) is 27.1. The number of nitriles is 4. The summed E-state index contributed by atoms with van der Waals surface area (Å²) in [6.45, 7) is 8.46. The smallest absolute Gasteiger partial charge is 0.212 e. The molecule has 0 unspecified atom stereocenters. The summed E-state index contributed by atoms with van der Waals surface area (Å²) in [6.07, 6.45) is 2.04. The van der Waals surface area contributed by atoms with Crippen molar-refractivity contribution in [2.24, 2.45) is 15.4 Å². The first kappa shape index (κ1) is 31.0. The summed E-state index contributed by atoms with van der Waals surface area (Å²) in [5.74, 6) is -0.632. The predicted octanol–water partition coefficient (Wildman–Crippen LogP) is 8.84. The van der Waals surface area contributed by atoms with Crippen molar-refractivity contribution in [3.05, 3.63) is 116 Å². The molecule has 0 saturated heterocycles. The molecule has 0 N–H and O–H groups in total. The number of hydrogen-bond acceptors (Lipinski definition) is 10. The van der Waals surface area contributed by atoms with E-state index in [0.717, 1.165) is 31.0 Å². The number of benzene rings is 2. The first-order valence-corrected chi connectivity index (χ1v) is 17.2. The van der Waals surface area contributed by atoms with Gasteiger partial charge < -0.3 is 0 Å². The van der Waals surface area contributed by atoms with Crippen LogP contribution in [0.25, 0.3) is 26.1 Å². The molecule has 4 aliphatic carbocycles. The van der Waals surface area contributed by atoms with Crippen LogP contribution in [0.1, 0.15) is 70.0 Å². The maximum atomic E-state index is 13.6. The lowest BCUT2D eigenvalue weighted by Gasteiger charge is -2.24. The Morgan fingerprint density at radius 2 is 1.18 bits per heavy atom. The lowest BCUT2D eigenvalue weighted by molar-refractivity contribution is 0.106. The second-order valence-corrected chi connectivity index (χ2v) is 15.4. The van der Waals surface area contributed by atoms with E-state index in [1.807, 2.05) is 36.4 Å². The third-order valence-electron chi connectivity index (χ3n) is 9.88. The van der Waals surface area contributed by atoms with Gasteiger partial charge in [0.05, 0.1) is 10.4 Å². The second kappa shape index (κ2) is 10.6. The molecule has 10 heteroatoms. The SMILES string of the molecule is CC1(C)C(N=C2C(=O)c3ccccc3C2=C(C#N)C#N)=CC2=C1c1sc3cc(N=C4C(=O)c5ccccc5C4=C(C#N)C#N)sc3c1C2(C)C. The van der Waals surface area contributed by atoms with Crippen LogP contribution >= 0.6 is 22.7 Å². The molecular weight excluding hydrogens is 661 g/mol. The number of ketones is 2. The van der Waals surface area contributed by atoms with E-state index in [-0.39, 0.29) is 45.3 Å². The molecule has 4 aromatic rings. The lowest BCUT2D eigenvalue weighted by Crippen LogP contribution is -2.17. The zero-order chi connectivity index (χ0) is 35.3. The van der Waals surface area contributed by atoms with E-state index in [0.29, 0.717) is 33.0 Å². The van der Waals surface area contributed by atoms with E-state index in [2.05, 4.69) is 27.7 Å². The Morgan fingerprint density at radius 1 is 0.680 bits per heavy atom. The number of carbonyl (C=O) groups is 2. The summed E-state index contributed by atoms with van der Waals surface area (Å²) in [5, 5.41) is 39.6. The van der Waals surface area contributed by atoms with Gasteiger partial charge in [-0.25, -0.2) is 9.98 Å². The predicted molar refractivity (Wildman–Crippen MR) is 194 cm³/mol. The van der Waals surface area contributed by atoms with E-state index in [4.69, 9.17) is 9.98 Å². The lowest BCUT2D eigenvalue weighted by atomic mass is 9.82. The molecule has 236 valence electrons. The molecule has 2 aromatic heterocycles. The minimum absolute atomic E-state index is 0.0931. The molecule has 0 aliphatic heterocycles. The van der Waals surface area contributed by atoms with Crippen LogP contribution in [0.5, 0.6) is 0 Å². The minimum Gasteiger partial charge on any atom is -0.287 e. The van der Waals surface area contributed by atoms with Gasteiger partial charge in [-0.3, -0.25) is 9.59 Å². The molecule has 0 radical (unpaired) electrons. The maximum absolute atomic E-state index is 13.6. The van der Waals surface area contributed by atoms with Gasteiger partial charge in [0, 0.05) is 42.7 Å². The molecule has 0 spiro atoms. The van der Waals surface area contributed by atoms with Crippen LogP contribution < -0.4 is 0 Å². The molecule has 50 heavy (non-hydrogen) atoms. The maximum Gasteiger partial charge on any atom is 0.212 e. The second-order valence-electron chi connectivity index (χ2n) is 13.3. The topological polar surface area (TPSA) is 154 Å². The van der Waals surface area contributed by atoms with Gasteiger partial charge in [0.25, 0.3) is 0 Å². The fourth-order valence-electron chi connectivity index (χ4n) is 7.49. The average Bonchev–Trinajstić information content (AvgIpc) is 3.89. The fourth-order valence-corrected chi connectivity index (χ4v) is 10.5. The van der Waals surface area contributed by atoms with Crippen LogP contribution in [0.3, 0.4) is 0 Å². The van der Waals surface area contributed by atoms with Crippen molar-refractivity contribution in [2.75, 3.05) is 0 Å². The van der Waals surface area contributed by atoms with Crippen LogP contribution in [-0.4, -0.2) is 23.0 Å². The number of hydrogen-bond donors (Lipinski definition) is 0. The van der Waals surface area contributed by atoms with Crippen molar-refractivity contribution in [1.82, 2.24) is 0 Å².